The van der Waals surface area contributed by atoms with Crippen molar-refractivity contribution in [2.24, 2.45) is 0 Å². The van der Waals surface area contributed by atoms with Crippen molar-refractivity contribution in [1.82, 2.24) is 14.7 Å². The molecule has 0 aliphatic carbocycles. The van der Waals surface area contributed by atoms with Crippen molar-refractivity contribution in [2.75, 3.05) is 50.7 Å². The van der Waals surface area contributed by atoms with E-state index in [1.165, 1.54) is 28.2 Å². The van der Waals surface area contributed by atoms with Crippen LogP contribution in [0.5, 0.6) is 0 Å². The molecule has 2 fully saturated rings. The summed E-state index contributed by atoms with van der Waals surface area (Å²) >= 11 is 0. The van der Waals surface area contributed by atoms with Gasteiger partial charge in [-0.2, -0.15) is 0 Å². The third-order valence-electron chi connectivity index (χ3n) is 5.21. The topological polar surface area (TPSA) is 77.3 Å². The van der Waals surface area contributed by atoms with Crippen LogP contribution in [0.25, 0.3) is 0 Å². The first-order chi connectivity index (χ1) is 14.0. The summed E-state index contributed by atoms with van der Waals surface area (Å²) in [6, 6.07) is 8.72. The van der Waals surface area contributed by atoms with E-state index in [2.05, 4.69) is 0 Å². The molecule has 0 unspecified atom stereocenters. The fraction of sp³-hybridized carbons (Fsp3) is 0.350. The molecule has 0 spiro atoms. The van der Waals surface area contributed by atoms with Gasteiger partial charge in [0.15, 0.2) is 5.76 Å². The van der Waals surface area contributed by atoms with Gasteiger partial charge in [0.1, 0.15) is 12.4 Å². The van der Waals surface area contributed by atoms with Gasteiger partial charge in [0.05, 0.1) is 6.26 Å². The molecule has 3 heterocycles. The highest BCUT2D eigenvalue weighted by Crippen LogP contribution is 2.21. The minimum atomic E-state index is -0.364. The summed E-state index contributed by atoms with van der Waals surface area (Å²) < 4.78 is 18.2. The number of carbonyl (C=O) groups excluding carboxylic acids is 3. The Morgan fingerprint density at radius 1 is 0.931 bits per heavy atom. The van der Waals surface area contributed by atoms with Gasteiger partial charge in [-0.05, 0) is 36.4 Å². The number of hydrogen-bond acceptors (Lipinski definition) is 4. The molecule has 2 saturated heterocycles. The van der Waals surface area contributed by atoms with E-state index in [4.69, 9.17) is 4.42 Å². The predicted molar refractivity (Wildman–Crippen MR) is 102 cm³/mol. The summed E-state index contributed by atoms with van der Waals surface area (Å²) in [5.74, 6) is -0.415. The maximum absolute atomic E-state index is 13.1. The number of rotatable bonds is 4. The lowest BCUT2D eigenvalue weighted by Crippen LogP contribution is -2.52. The maximum atomic E-state index is 13.1. The third-order valence-corrected chi connectivity index (χ3v) is 5.21. The monoisotopic (exact) mass is 400 g/mol. The maximum Gasteiger partial charge on any atom is 0.325 e. The van der Waals surface area contributed by atoms with Gasteiger partial charge in [-0.3, -0.25) is 14.5 Å². The standard InChI is InChI=1S/C20H21FN4O4/c21-15-3-5-16(6-4-15)25-12-11-24(20(25)28)14-18(26)22-7-9-23(10-8-22)19(27)17-2-1-13-29-17/h1-6,13H,7-12,14H2. The molecule has 0 radical (unpaired) electrons. The summed E-state index contributed by atoms with van der Waals surface area (Å²) in [7, 11) is 0. The molecular weight excluding hydrogens is 379 g/mol. The van der Waals surface area contributed by atoms with Crippen molar-refractivity contribution >= 4 is 23.5 Å². The molecule has 0 N–H and O–H groups in total. The van der Waals surface area contributed by atoms with Gasteiger partial charge in [0, 0.05) is 45.0 Å². The molecular formula is C20H21FN4O4. The van der Waals surface area contributed by atoms with E-state index in [9.17, 15) is 18.8 Å². The lowest BCUT2D eigenvalue weighted by molar-refractivity contribution is -0.133. The van der Waals surface area contributed by atoms with Crippen LogP contribution in [-0.2, 0) is 4.79 Å². The number of amides is 4. The second-order valence-electron chi connectivity index (χ2n) is 6.98. The number of hydrogen-bond donors (Lipinski definition) is 0. The van der Waals surface area contributed by atoms with Gasteiger partial charge in [-0.15, -0.1) is 0 Å². The summed E-state index contributed by atoms with van der Waals surface area (Å²) in [5, 5.41) is 0. The number of nitrogens with zero attached hydrogens (tertiary/aromatic N) is 4. The molecule has 0 bridgehead atoms. The Morgan fingerprint density at radius 3 is 2.28 bits per heavy atom. The van der Waals surface area contributed by atoms with Crippen molar-refractivity contribution in [3.8, 4) is 0 Å². The first-order valence-corrected chi connectivity index (χ1v) is 9.45. The number of urea groups is 1. The zero-order chi connectivity index (χ0) is 20.4. The van der Waals surface area contributed by atoms with E-state index < -0.39 is 0 Å². The van der Waals surface area contributed by atoms with Crippen LogP contribution in [0.1, 0.15) is 10.6 Å². The van der Waals surface area contributed by atoms with Crippen LogP contribution >= 0.6 is 0 Å². The molecule has 0 atom stereocenters. The highest BCUT2D eigenvalue weighted by molar-refractivity contribution is 5.96. The average Bonchev–Trinajstić information content (AvgIpc) is 3.39. The zero-order valence-electron chi connectivity index (χ0n) is 15.8. The lowest BCUT2D eigenvalue weighted by atomic mass is 10.2. The van der Waals surface area contributed by atoms with Crippen LogP contribution in [-0.4, -0.2) is 78.4 Å². The predicted octanol–water partition coefficient (Wildman–Crippen LogP) is 1.65. The molecule has 1 aromatic heterocycles. The van der Waals surface area contributed by atoms with E-state index in [-0.39, 0.29) is 36.0 Å². The van der Waals surface area contributed by atoms with Crippen LogP contribution in [0.15, 0.2) is 47.1 Å². The quantitative estimate of drug-likeness (QED) is 0.782. The van der Waals surface area contributed by atoms with Gasteiger partial charge in [0.25, 0.3) is 5.91 Å². The largest absolute Gasteiger partial charge is 0.459 e. The van der Waals surface area contributed by atoms with Gasteiger partial charge in [0.2, 0.25) is 5.91 Å². The summed E-state index contributed by atoms with van der Waals surface area (Å²) in [5.41, 5.74) is 0.608. The molecule has 8 nitrogen and oxygen atoms in total. The Bertz CT molecular complexity index is 892. The van der Waals surface area contributed by atoms with E-state index in [0.29, 0.717) is 45.0 Å². The van der Waals surface area contributed by atoms with Gasteiger partial charge in [-0.25, -0.2) is 9.18 Å². The van der Waals surface area contributed by atoms with Crippen molar-refractivity contribution in [3.63, 3.8) is 0 Å². The Balaban J connectivity index is 1.29. The molecule has 9 heteroatoms. The minimum Gasteiger partial charge on any atom is -0.459 e. The summed E-state index contributed by atoms with van der Waals surface area (Å²) in [6.45, 7) is 2.52. The summed E-state index contributed by atoms with van der Waals surface area (Å²) in [6.07, 6.45) is 1.45. The second-order valence-corrected chi connectivity index (χ2v) is 6.98. The van der Waals surface area contributed by atoms with Crippen LogP contribution in [0.4, 0.5) is 14.9 Å². The number of anilines is 1. The van der Waals surface area contributed by atoms with E-state index >= 15 is 0 Å². The number of furan rings is 1. The van der Waals surface area contributed by atoms with Crippen molar-refractivity contribution in [2.45, 2.75) is 0 Å². The molecule has 152 valence electrons. The summed E-state index contributed by atoms with van der Waals surface area (Å²) in [4.78, 5) is 43.9. The van der Waals surface area contributed by atoms with E-state index in [0.717, 1.165) is 0 Å². The first kappa shape index (κ1) is 19.0. The van der Waals surface area contributed by atoms with Crippen LogP contribution in [0.2, 0.25) is 0 Å². The van der Waals surface area contributed by atoms with Crippen molar-refractivity contribution in [1.29, 1.82) is 0 Å². The first-order valence-electron chi connectivity index (χ1n) is 9.45. The number of benzene rings is 1. The van der Waals surface area contributed by atoms with Gasteiger partial charge < -0.3 is 19.1 Å². The number of carbonyl (C=O) groups is 3. The molecule has 0 saturated carbocycles. The Morgan fingerprint density at radius 2 is 1.62 bits per heavy atom. The molecule has 2 aromatic rings. The number of piperazine rings is 1. The molecule has 29 heavy (non-hydrogen) atoms. The Labute approximate surface area is 167 Å². The average molecular weight is 400 g/mol. The highest BCUT2D eigenvalue weighted by atomic mass is 19.1. The Kier molecular flexibility index (Phi) is 5.20. The second kappa shape index (κ2) is 7.94. The van der Waals surface area contributed by atoms with Gasteiger partial charge in [-0.1, -0.05) is 0 Å². The SMILES string of the molecule is O=C(CN1CCN(c2ccc(F)cc2)C1=O)N1CCN(C(=O)c2ccco2)CC1. The zero-order valence-corrected chi connectivity index (χ0v) is 15.8. The van der Waals surface area contributed by atoms with Gasteiger partial charge >= 0.3 is 6.03 Å². The van der Waals surface area contributed by atoms with Crippen LogP contribution in [0, 0.1) is 5.82 Å². The number of halogens is 1. The lowest BCUT2D eigenvalue weighted by Gasteiger charge is -2.35. The Hall–Kier alpha value is -3.36. The highest BCUT2D eigenvalue weighted by Gasteiger charge is 2.33. The molecule has 1 aromatic carbocycles. The molecule has 4 rings (SSSR count). The minimum absolute atomic E-state index is 0.0113. The van der Waals surface area contributed by atoms with Crippen LogP contribution < -0.4 is 4.90 Å². The normalized spacial score (nSPS) is 17.2. The fourth-order valence-corrected chi connectivity index (χ4v) is 3.57. The van der Waals surface area contributed by atoms with Crippen molar-refractivity contribution < 1.29 is 23.2 Å². The smallest absolute Gasteiger partial charge is 0.325 e. The fourth-order valence-electron chi connectivity index (χ4n) is 3.57. The molecule has 4 amide bonds. The van der Waals surface area contributed by atoms with Crippen molar-refractivity contribution in [3.05, 3.63) is 54.2 Å². The third kappa shape index (κ3) is 3.94. The van der Waals surface area contributed by atoms with E-state index in [1.807, 2.05) is 0 Å². The molecule has 2 aliphatic rings. The molecule has 2 aliphatic heterocycles. The van der Waals surface area contributed by atoms with E-state index in [1.54, 1.807) is 34.1 Å². The van der Waals surface area contributed by atoms with Crippen LogP contribution in [0.3, 0.4) is 0 Å².